The van der Waals surface area contributed by atoms with Gasteiger partial charge in [-0.25, -0.2) is 0 Å². The first-order chi connectivity index (χ1) is 21.9. The summed E-state index contributed by atoms with van der Waals surface area (Å²) in [4.78, 5) is 0. The summed E-state index contributed by atoms with van der Waals surface area (Å²) in [6.45, 7) is 6.90. The molecule has 0 atom stereocenters. The molecule has 10 aromatic rings. The zero-order valence-corrected chi connectivity index (χ0v) is 26.3. The molecule has 1 aromatic heterocycles. The molecule has 0 spiro atoms. The summed E-state index contributed by atoms with van der Waals surface area (Å²) in [5.41, 5.74) is 6.64. The molecular formula is C44H30S. The van der Waals surface area contributed by atoms with Crippen LogP contribution in [0.2, 0.25) is 0 Å². The molecule has 1 heterocycles. The molecule has 0 N–H and O–H groups in total. The normalized spacial score (nSPS) is 12.8. The monoisotopic (exact) mass is 590 g/mol. The van der Waals surface area contributed by atoms with E-state index in [0.29, 0.717) is 0 Å². The topological polar surface area (TPSA) is 0 Å². The molecule has 0 bridgehead atoms. The van der Waals surface area contributed by atoms with Gasteiger partial charge in [-0.3, -0.25) is 0 Å². The Kier molecular flexibility index (Phi) is 4.96. The summed E-state index contributed by atoms with van der Waals surface area (Å²) in [6.07, 6.45) is 0. The number of benzene rings is 9. The van der Waals surface area contributed by atoms with E-state index in [1.807, 2.05) is 11.3 Å². The minimum Gasteiger partial charge on any atom is -0.135 e. The van der Waals surface area contributed by atoms with Gasteiger partial charge >= 0.3 is 0 Å². The van der Waals surface area contributed by atoms with Gasteiger partial charge in [-0.1, -0.05) is 118 Å². The van der Waals surface area contributed by atoms with E-state index in [9.17, 15) is 0 Å². The first kappa shape index (κ1) is 25.4. The Balaban J connectivity index is 1.13. The maximum absolute atomic E-state index is 2.39. The molecule has 0 nitrogen and oxygen atoms in total. The third kappa shape index (κ3) is 3.59. The van der Waals surface area contributed by atoms with Crippen molar-refractivity contribution in [2.45, 2.75) is 26.2 Å². The van der Waals surface area contributed by atoms with E-state index < -0.39 is 0 Å². The standard InChI is InChI=1S/C44H30S/c1-44(2,3)33-22-31-15-10-25-16-18-34(36-19-17-32(23-33)40(31)41(25)36)28-13-11-27-21-29(14-12-26(27)20-28)37-24-30-6-4-8-38-42(30)43-35(37)7-5-9-39(43)45-38/h4-24H,1-3H3. The summed E-state index contributed by atoms with van der Waals surface area (Å²) in [5.74, 6) is 0. The molecule has 10 rings (SSSR count). The number of fused-ring (bicyclic) bond motifs is 1. The molecule has 0 unspecified atom stereocenters. The summed E-state index contributed by atoms with van der Waals surface area (Å²) in [5, 5.41) is 16.1. The minimum atomic E-state index is 0.113. The maximum Gasteiger partial charge on any atom is 0.0361 e. The molecule has 9 aromatic carbocycles. The molecule has 212 valence electrons. The van der Waals surface area contributed by atoms with Gasteiger partial charge in [0.15, 0.2) is 0 Å². The maximum atomic E-state index is 2.39. The molecular weight excluding hydrogens is 561 g/mol. The van der Waals surface area contributed by atoms with Gasteiger partial charge in [0, 0.05) is 20.2 Å². The molecule has 0 fully saturated rings. The number of hydrogen-bond donors (Lipinski definition) is 0. The Morgan fingerprint density at radius 3 is 1.73 bits per heavy atom. The van der Waals surface area contributed by atoms with Crippen LogP contribution in [0.3, 0.4) is 0 Å². The van der Waals surface area contributed by atoms with E-state index in [-0.39, 0.29) is 5.41 Å². The summed E-state index contributed by atoms with van der Waals surface area (Å²) in [6, 6.07) is 48.5. The minimum absolute atomic E-state index is 0.113. The van der Waals surface area contributed by atoms with Gasteiger partial charge in [0.25, 0.3) is 0 Å². The highest BCUT2D eigenvalue weighted by Gasteiger charge is 2.19. The molecule has 45 heavy (non-hydrogen) atoms. The van der Waals surface area contributed by atoms with E-state index >= 15 is 0 Å². The summed E-state index contributed by atoms with van der Waals surface area (Å²) < 4.78 is 2.74. The number of hydrogen-bond acceptors (Lipinski definition) is 1. The van der Waals surface area contributed by atoms with Crippen molar-refractivity contribution < 1.29 is 0 Å². The number of thiophene rings is 1. The predicted molar refractivity (Wildman–Crippen MR) is 199 cm³/mol. The van der Waals surface area contributed by atoms with Gasteiger partial charge < -0.3 is 0 Å². The van der Waals surface area contributed by atoms with Crippen LogP contribution in [0.25, 0.3) is 96.3 Å². The van der Waals surface area contributed by atoms with E-state index in [0.717, 1.165) is 0 Å². The van der Waals surface area contributed by atoms with Crippen LogP contribution in [0.15, 0.2) is 127 Å². The third-order valence-electron chi connectivity index (χ3n) is 10.1. The molecule has 1 heteroatoms. The zero-order chi connectivity index (χ0) is 30.0. The molecule has 0 saturated heterocycles. The van der Waals surface area contributed by atoms with E-state index in [4.69, 9.17) is 0 Å². The quantitative estimate of drug-likeness (QED) is 0.176. The van der Waals surface area contributed by atoms with Crippen molar-refractivity contribution in [1.29, 1.82) is 0 Å². The van der Waals surface area contributed by atoms with E-state index in [1.165, 1.54) is 102 Å². The Bertz CT molecular complexity index is 2770. The lowest BCUT2D eigenvalue weighted by Gasteiger charge is -2.22. The molecule has 0 amide bonds. The smallest absolute Gasteiger partial charge is 0.0361 e. The van der Waals surface area contributed by atoms with Crippen LogP contribution in [0.4, 0.5) is 0 Å². The third-order valence-corrected chi connectivity index (χ3v) is 11.2. The van der Waals surface area contributed by atoms with Crippen LogP contribution in [0.1, 0.15) is 26.3 Å². The van der Waals surface area contributed by atoms with Crippen molar-refractivity contribution in [2.75, 3.05) is 0 Å². The summed E-state index contributed by atoms with van der Waals surface area (Å²) in [7, 11) is 0. The van der Waals surface area contributed by atoms with Gasteiger partial charge in [-0.05, 0) is 117 Å². The van der Waals surface area contributed by atoms with Gasteiger partial charge in [0.2, 0.25) is 0 Å². The molecule has 0 radical (unpaired) electrons. The molecule has 0 aliphatic rings. The lowest BCUT2D eigenvalue weighted by atomic mass is 9.82. The fourth-order valence-electron chi connectivity index (χ4n) is 7.79. The highest BCUT2D eigenvalue weighted by molar-refractivity contribution is 7.26. The Labute approximate surface area is 265 Å². The molecule has 0 saturated carbocycles. The van der Waals surface area contributed by atoms with Crippen molar-refractivity contribution in [2.24, 2.45) is 0 Å². The van der Waals surface area contributed by atoms with Crippen LogP contribution >= 0.6 is 11.3 Å². The largest absolute Gasteiger partial charge is 0.135 e. The summed E-state index contributed by atoms with van der Waals surface area (Å²) >= 11 is 1.90. The fourth-order valence-corrected chi connectivity index (χ4v) is 8.96. The van der Waals surface area contributed by atoms with Crippen LogP contribution in [0, 0.1) is 0 Å². The number of rotatable bonds is 2. The van der Waals surface area contributed by atoms with E-state index in [1.54, 1.807) is 0 Å². The van der Waals surface area contributed by atoms with Crippen molar-refractivity contribution in [1.82, 2.24) is 0 Å². The average Bonchev–Trinajstić information content (AvgIpc) is 3.45. The average molecular weight is 591 g/mol. The Morgan fingerprint density at radius 1 is 0.400 bits per heavy atom. The first-order valence-corrected chi connectivity index (χ1v) is 16.7. The zero-order valence-electron chi connectivity index (χ0n) is 25.5. The second kappa shape index (κ2) is 8.81. The lowest BCUT2D eigenvalue weighted by molar-refractivity contribution is 0.591. The second-order valence-corrected chi connectivity index (χ2v) is 14.9. The highest BCUT2D eigenvalue weighted by Crippen LogP contribution is 2.45. The molecule has 0 aliphatic carbocycles. The van der Waals surface area contributed by atoms with Crippen LogP contribution in [-0.2, 0) is 5.41 Å². The van der Waals surface area contributed by atoms with Gasteiger partial charge in [-0.2, -0.15) is 0 Å². The van der Waals surface area contributed by atoms with Crippen molar-refractivity contribution in [3.63, 3.8) is 0 Å². The second-order valence-electron chi connectivity index (χ2n) is 13.8. The van der Waals surface area contributed by atoms with Crippen LogP contribution in [0.5, 0.6) is 0 Å². The highest BCUT2D eigenvalue weighted by atomic mass is 32.1. The van der Waals surface area contributed by atoms with E-state index in [2.05, 4.69) is 148 Å². The molecule has 0 aliphatic heterocycles. The Hall–Kier alpha value is -4.98. The van der Waals surface area contributed by atoms with Crippen molar-refractivity contribution in [3.05, 3.63) is 133 Å². The van der Waals surface area contributed by atoms with Crippen molar-refractivity contribution in [3.8, 4) is 22.3 Å². The first-order valence-electron chi connectivity index (χ1n) is 15.8. The fraction of sp³-hybridized carbons (Fsp3) is 0.0909. The van der Waals surface area contributed by atoms with Crippen molar-refractivity contribution >= 4 is 85.4 Å². The Morgan fingerprint density at radius 2 is 0.978 bits per heavy atom. The SMILES string of the molecule is CC(C)(C)c1cc2ccc3ccc(-c4ccc5cc(-c6cc7cccc8sc9cccc6c9c78)ccc5c4)c4ccc(c1)c2c34. The van der Waals surface area contributed by atoms with Crippen LogP contribution in [-0.4, -0.2) is 0 Å². The lowest BCUT2D eigenvalue weighted by Crippen LogP contribution is -2.10. The van der Waals surface area contributed by atoms with Gasteiger partial charge in [-0.15, -0.1) is 11.3 Å². The predicted octanol–water partition coefficient (Wildman–Crippen LogP) is 13.3. The van der Waals surface area contributed by atoms with Crippen LogP contribution < -0.4 is 0 Å². The van der Waals surface area contributed by atoms with Gasteiger partial charge in [0.1, 0.15) is 0 Å². The van der Waals surface area contributed by atoms with Gasteiger partial charge in [0.05, 0.1) is 0 Å².